The van der Waals surface area contributed by atoms with Gasteiger partial charge < -0.3 is 5.32 Å². The number of nitrogens with one attached hydrogen (secondary N) is 1. The second kappa shape index (κ2) is 16.3. The lowest BCUT2D eigenvalue weighted by atomic mass is 9.75. The smallest absolute Gasteiger partial charge is 0.0172 e. The minimum absolute atomic E-state index is 0.359. The highest BCUT2D eigenvalue weighted by atomic mass is 14.9. The Morgan fingerprint density at radius 3 is 1.93 bits per heavy atom. The lowest BCUT2D eigenvalue weighted by molar-refractivity contribution is 0.186. The summed E-state index contributed by atoms with van der Waals surface area (Å²) in [6, 6.07) is 10.8. The van der Waals surface area contributed by atoms with Crippen molar-refractivity contribution in [3.05, 3.63) is 59.8 Å². The number of hydrogen-bond donors (Lipinski definition) is 1. The molecule has 3 atom stereocenters. The fraction of sp³-hybridized carbons (Fsp3) is 0.643. The van der Waals surface area contributed by atoms with E-state index in [4.69, 9.17) is 0 Å². The molecule has 29 heavy (non-hydrogen) atoms. The van der Waals surface area contributed by atoms with Gasteiger partial charge in [0, 0.05) is 12.2 Å². The van der Waals surface area contributed by atoms with Crippen LogP contribution in [-0.4, -0.2) is 6.54 Å². The molecule has 1 heteroatoms. The standard InChI is InChI=1S/C22H33N.3C2H6/c1-16-12-20(19-10-8-7-9-11-19)14-21(13-16)23-15-17(2)18(3)22(4,5)6;3*1-2/h7-11,13,17-18,20,23H,1,12,14-15H2,2-6H3;3*1-2H3. The summed E-state index contributed by atoms with van der Waals surface area (Å²) in [6.07, 6.45) is 4.43. The first-order valence-electron chi connectivity index (χ1n) is 11.9. The van der Waals surface area contributed by atoms with Crippen molar-refractivity contribution in [1.29, 1.82) is 0 Å². The topological polar surface area (TPSA) is 12.0 Å². The van der Waals surface area contributed by atoms with Gasteiger partial charge in [0.15, 0.2) is 0 Å². The molecule has 0 aliphatic heterocycles. The van der Waals surface area contributed by atoms with Crippen molar-refractivity contribution in [3.63, 3.8) is 0 Å². The van der Waals surface area contributed by atoms with E-state index in [-0.39, 0.29) is 0 Å². The highest BCUT2D eigenvalue weighted by molar-refractivity contribution is 5.32. The van der Waals surface area contributed by atoms with Crippen molar-refractivity contribution in [2.75, 3.05) is 6.54 Å². The van der Waals surface area contributed by atoms with E-state index < -0.39 is 0 Å². The average molecular weight is 402 g/mol. The number of benzene rings is 1. The normalized spacial score (nSPS) is 17.7. The van der Waals surface area contributed by atoms with Crippen LogP contribution >= 0.6 is 0 Å². The largest absolute Gasteiger partial charge is 0.388 e. The summed E-state index contributed by atoms with van der Waals surface area (Å²) in [5.41, 5.74) is 4.38. The van der Waals surface area contributed by atoms with Gasteiger partial charge in [0.05, 0.1) is 0 Å². The van der Waals surface area contributed by atoms with E-state index in [1.807, 2.05) is 41.5 Å². The molecule has 1 aromatic rings. The molecule has 1 N–H and O–H groups in total. The summed E-state index contributed by atoms with van der Waals surface area (Å²) in [6.45, 7) is 29.0. The summed E-state index contributed by atoms with van der Waals surface area (Å²) in [5.74, 6) is 1.90. The van der Waals surface area contributed by atoms with Crippen LogP contribution in [-0.2, 0) is 0 Å². The first kappa shape index (κ1) is 29.7. The molecule has 0 aromatic heterocycles. The summed E-state index contributed by atoms with van der Waals surface area (Å²) in [4.78, 5) is 0. The Labute approximate surface area is 184 Å². The molecular weight excluding hydrogens is 350 g/mol. The predicted octanol–water partition coefficient (Wildman–Crippen LogP) is 8.99. The van der Waals surface area contributed by atoms with Gasteiger partial charge >= 0.3 is 0 Å². The minimum atomic E-state index is 0.359. The zero-order chi connectivity index (χ0) is 23.0. The molecule has 0 bridgehead atoms. The molecule has 1 aromatic carbocycles. The van der Waals surface area contributed by atoms with E-state index in [0.29, 0.717) is 23.2 Å². The highest BCUT2D eigenvalue weighted by Gasteiger charge is 2.26. The van der Waals surface area contributed by atoms with Gasteiger partial charge in [0.25, 0.3) is 0 Å². The number of hydrogen-bond acceptors (Lipinski definition) is 1. The monoisotopic (exact) mass is 401 g/mol. The SMILES string of the molecule is C=C1C=C(NCC(C)C(C)C(C)(C)C)CC(c2ccccc2)C1.CC.CC.CC. The Morgan fingerprint density at radius 2 is 1.45 bits per heavy atom. The first-order chi connectivity index (χ1) is 13.8. The van der Waals surface area contributed by atoms with Crippen molar-refractivity contribution in [2.24, 2.45) is 17.3 Å². The van der Waals surface area contributed by atoms with Crippen molar-refractivity contribution >= 4 is 0 Å². The molecule has 0 fully saturated rings. The van der Waals surface area contributed by atoms with E-state index in [1.165, 1.54) is 16.8 Å². The van der Waals surface area contributed by atoms with E-state index in [1.54, 1.807) is 0 Å². The summed E-state index contributed by atoms with van der Waals surface area (Å²) >= 11 is 0. The summed E-state index contributed by atoms with van der Waals surface area (Å²) < 4.78 is 0. The van der Waals surface area contributed by atoms with Crippen LogP contribution in [0.5, 0.6) is 0 Å². The van der Waals surface area contributed by atoms with Gasteiger partial charge in [-0.2, -0.15) is 0 Å². The van der Waals surface area contributed by atoms with Gasteiger partial charge in [-0.3, -0.25) is 0 Å². The molecule has 0 radical (unpaired) electrons. The highest BCUT2D eigenvalue weighted by Crippen LogP contribution is 2.35. The zero-order valence-corrected chi connectivity index (χ0v) is 21.5. The second-order valence-corrected chi connectivity index (χ2v) is 8.36. The van der Waals surface area contributed by atoms with Crippen LogP contribution in [0.25, 0.3) is 0 Å². The van der Waals surface area contributed by atoms with Gasteiger partial charge in [-0.15, -0.1) is 0 Å². The quantitative estimate of drug-likeness (QED) is 0.519. The van der Waals surface area contributed by atoms with E-state index in [0.717, 1.165) is 19.4 Å². The van der Waals surface area contributed by atoms with Gasteiger partial charge in [-0.1, -0.05) is 119 Å². The average Bonchev–Trinajstić information content (AvgIpc) is 2.75. The van der Waals surface area contributed by atoms with Gasteiger partial charge in [0.1, 0.15) is 0 Å². The lowest BCUT2D eigenvalue weighted by Gasteiger charge is -2.33. The third-order valence-electron chi connectivity index (χ3n) is 5.49. The fourth-order valence-corrected chi connectivity index (χ4v) is 3.42. The van der Waals surface area contributed by atoms with Gasteiger partial charge in [0.2, 0.25) is 0 Å². The molecule has 1 nitrogen and oxygen atoms in total. The molecule has 1 aliphatic carbocycles. The Bertz CT molecular complexity index is 547. The van der Waals surface area contributed by atoms with Crippen LogP contribution < -0.4 is 5.32 Å². The molecule has 0 amide bonds. The molecule has 0 spiro atoms. The zero-order valence-electron chi connectivity index (χ0n) is 21.5. The van der Waals surface area contributed by atoms with Crippen LogP contribution in [0, 0.1) is 17.3 Å². The first-order valence-corrected chi connectivity index (χ1v) is 11.9. The van der Waals surface area contributed by atoms with Crippen LogP contribution in [0.4, 0.5) is 0 Å². The van der Waals surface area contributed by atoms with E-state index in [2.05, 4.69) is 82.9 Å². The maximum absolute atomic E-state index is 4.23. The maximum Gasteiger partial charge on any atom is 0.0172 e. The Hall–Kier alpha value is -1.50. The fourth-order valence-electron chi connectivity index (χ4n) is 3.42. The molecule has 2 rings (SSSR count). The maximum atomic E-state index is 4.23. The van der Waals surface area contributed by atoms with Crippen LogP contribution in [0.1, 0.15) is 100 Å². The number of rotatable bonds is 5. The lowest BCUT2D eigenvalue weighted by Crippen LogP contribution is -2.32. The Kier molecular flexibility index (Phi) is 16.7. The molecular formula is C28H51N. The Morgan fingerprint density at radius 1 is 0.931 bits per heavy atom. The second-order valence-electron chi connectivity index (χ2n) is 8.36. The Balaban J connectivity index is 0. The summed E-state index contributed by atoms with van der Waals surface area (Å²) in [5, 5.41) is 3.70. The van der Waals surface area contributed by atoms with Gasteiger partial charge in [-0.05, 0) is 47.6 Å². The van der Waals surface area contributed by atoms with Crippen molar-refractivity contribution in [2.45, 2.75) is 94.9 Å². The van der Waals surface area contributed by atoms with Crippen molar-refractivity contribution < 1.29 is 0 Å². The van der Waals surface area contributed by atoms with Crippen LogP contribution in [0.2, 0.25) is 0 Å². The third kappa shape index (κ3) is 11.3. The summed E-state index contributed by atoms with van der Waals surface area (Å²) in [7, 11) is 0. The molecule has 3 unspecified atom stereocenters. The van der Waals surface area contributed by atoms with Gasteiger partial charge in [-0.25, -0.2) is 0 Å². The molecule has 0 heterocycles. The molecule has 0 saturated heterocycles. The van der Waals surface area contributed by atoms with Crippen LogP contribution in [0.15, 0.2) is 54.3 Å². The minimum Gasteiger partial charge on any atom is -0.388 e. The number of allylic oxidation sites excluding steroid dienone is 3. The van der Waals surface area contributed by atoms with Crippen LogP contribution in [0.3, 0.4) is 0 Å². The van der Waals surface area contributed by atoms with Crippen molar-refractivity contribution in [3.8, 4) is 0 Å². The van der Waals surface area contributed by atoms with E-state index in [9.17, 15) is 0 Å². The molecule has 1 aliphatic rings. The van der Waals surface area contributed by atoms with E-state index >= 15 is 0 Å². The van der Waals surface area contributed by atoms with Crippen molar-refractivity contribution in [1.82, 2.24) is 5.32 Å². The molecule has 0 saturated carbocycles. The predicted molar refractivity (Wildman–Crippen MR) is 135 cm³/mol. The third-order valence-corrected chi connectivity index (χ3v) is 5.49. The molecule has 168 valence electrons.